The number of nitrogens with zero attached hydrogens (tertiary/aromatic N) is 1. The number of ether oxygens (including phenoxy) is 1. The molecule has 0 atom stereocenters. The number of carbonyl (C=O) groups excluding carboxylic acids is 1. The van der Waals surface area contributed by atoms with Crippen LogP contribution in [0.4, 0.5) is 11.4 Å². The third-order valence-corrected chi connectivity index (χ3v) is 8.51. The van der Waals surface area contributed by atoms with Crippen molar-refractivity contribution in [2.45, 2.75) is 15.5 Å². The summed E-state index contributed by atoms with van der Waals surface area (Å²) >= 11 is 7.90. The summed E-state index contributed by atoms with van der Waals surface area (Å²) in [6.07, 6.45) is 0. The van der Waals surface area contributed by atoms with Gasteiger partial charge in [-0.1, -0.05) is 60.1 Å². The molecule has 0 saturated carbocycles. The topological polar surface area (TPSA) is 75.7 Å². The van der Waals surface area contributed by atoms with Gasteiger partial charge in [0.15, 0.2) is 0 Å². The molecule has 6 nitrogen and oxygen atoms in total. The number of amides is 1. The number of rotatable bonds is 10. The Labute approximate surface area is 226 Å². The first-order valence-corrected chi connectivity index (χ1v) is 14.1. The Morgan fingerprint density at radius 1 is 0.919 bits per heavy atom. The quantitative estimate of drug-likeness (QED) is 0.228. The smallest absolute Gasteiger partial charge is 0.264 e. The molecular formula is C28H25ClN2O4S2. The predicted octanol–water partition coefficient (Wildman–Crippen LogP) is 6.47. The number of benzene rings is 4. The van der Waals surface area contributed by atoms with E-state index in [1.165, 1.54) is 30.2 Å². The molecule has 0 spiro atoms. The number of carbonyl (C=O) groups is 1. The van der Waals surface area contributed by atoms with E-state index in [4.69, 9.17) is 16.3 Å². The highest BCUT2D eigenvalue weighted by atomic mass is 35.5. The van der Waals surface area contributed by atoms with E-state index in [2.05, 4.69) is 17.4 Å². The summed E-state index contributed by atoms with van der Waals surface area (Å²) < 4.78 is 33.5. The molecule has 0 bridgehead atoms. The van der Waals surface area contributed by atoms with Gasteiger partial charge in [0.2, 0.25) is 5.91 Å². The molecule has 1 amide bonds. The fourth-order valence-electron chi connectivity index (χ4n) is 3.58. The lowest BCUT2D eigenvalue weighted by atomic mass is 10.2. The molecule has 0 aliphatic rings. The molecule has 4 rings (SSSR count). The molecule has 0 aliphatic heterocycles. The highest BCUT2D eigenvalue weighted by molar-refractivity contribution is 7.98. The number of anilines is 2. The summed E-state index contributed by atoms with van der Waals surface area (Å²) in [6, 6.07) is 30.1. The number of halogens is 1. The van der Waals surface area contributed by atoms with Gasteiger partial charge in [-0.3, -0.25) is 9.10 Å². The molecule has 37 heavy (non-hydrogen) atoms. The van der Waals surface area contributed by atoms with Crippen molar-refractivity contribution < 1.29 is 17.9 Å². The molecule has 9 heteroatoms. The summed E-state index contributed by atoms with van der Waals surface area (Å²) in [6.45, 7) is -0.473. The Balaban J connectivity index is 1.53. The fourth-order valence-corrected chi connectivity index (χ4v) is 6.06. The number of hydrogen-bond acceptors (Lipinski definition) is 5. The van der Waals surface area contributed by atoms with Gasteiger partial charge in [0, 0.05) is 21.4 Å². The lowest BCUT2D eigenvalue weighted by molar-refractivity contribution is -0.114. The van der Waals surface area contributed by atoms with Gasteiger partial charge in [-0.2, -0.15) is 0 Å². The SMILES string of the molecule is COc1ccc(Cl)cc1N(CC(=O)Nc1ccc(CSc2ccccc2)cc1)S(=O)(=O)c1ccccc1. The third-order valence-electron chi connectivity index (χ3n) is 5.41. The van der Waals surface area contributed by atoms with E-state index in [-0.39, 0.29) is 16.3 Å². The highest BCUT2D eigenvalue weighted by Crippen LogP contribution is 2.35. The van der Waals surface area contributed by atoms with Crippen LogP contribution in [0, 0.1) is 0 Å². The summed E-state index contributed by atoms with van der Waals surface area (Å²) in [5, 5.41) is 3.11. The lowest BCUT2D eigenvalue weighted by Crippen LogP contribution is -2.38. The molecule has 0 saturated heterocycles. The minimum absolute atomic E-state index is 0.0464. The zero-order valence-corrected chi connectivity index (χ0v) is 22.4. The zero-order valence-electron chi connectivity index (χ0n) is 20.0. The number of hydrogen-bond donors (Lipinski definition) is 1. The van der Waals surface area contributed by atoms with Crippen LogP contribution in [0.15, 0.2) is 113 Å². The van der Waals surface area contributed by atoms with Crippen LogP contribution in [0.1, 0.15) is 5.56 Å². The molecule has 190 valence electrons. The second kappa shape index (κ2) is 12.2. The summed E-state index contributed by atoms with van der Waals surface area (Å²) in [5.74, 6) is 0.556. The highest BCUT2D eigenvalue weighted by Gasteiger charge is 2.29. The van der Waals surface area contributed by atoms with Gasteiger partial charge in [-0.05, 0) is 60.2 Å². The van der Waals surface area contributed by atoms with E-state index in [0.717, 1.165) is 15.6 Å². The summed E-state index contributed by atoms with van der Waals surface area (Å²) in [4.78, 5) is 14.3. The first kappa shape index (κ1) is 26.6. The standard InChI is InChI=1S/C28H25ClN2O4S2/c1-35-27-17-14-22(29)18-26(27)31(37(33,34)25-10-6-3-7-11-25)19-28(32)30-23-15-12-21(13-16-23)20-36-24-8-4-2-5-9-24/h2-18H,19-20H2,1H3,(H,30,32). The van der Waals surface area contributed by atoms with E-state index >= 15 is 0 Å². The average Bonchev–Trinajstić information content (AvgIpc) is 2.92. The lowest BCUT2D eigenvalue weighted by Gasteiger charge is -2.26. The zero-order chi connectivity index (χ0) is 26.3. The van der Waals surface area contributed by atoms with E-state index < -0.39 is 22.5 Å². The molecule has 0 unspecified atom stereocenters. The molecule has 4 aromatic rings. The molecule has 0 aliphatic carbocycles. The Morgan fingerprint density at radius 2 is 1.57 bits per heavy atom. The number of nitrogens with one attached hydrogen (secondary N) is 1. The van der Waals surface area contributed by atoms with Crippen LogP contribution < -0.4 is 14.4 Å². The Morgan fingerprint density at radius 3 is 2.22 bits per heavy atom. The molecule has 0 radical (unpaired) electrons. The summed E-state index contributed by atoms with van der Waals surface area (Å²) in [5.41, 5.74) is 1.83. The van der Waals surface area contributed by atoms with E-state index in [1.54, 1.807) is 54.2 Å². The fraction of sp³-hybridized carbons (Fsp3) is 0.107. The minimum atomic E-state index is -4.10. The molecule has 0 heterocycles. The molecular weight excluding hydrogens is 528 g/mol. The van der Waals surface area contributed by atoms with Crippen molar-refractivity contribution in [3.63, 3.8) is 0 Å². The van der Waals surface area contributed by atoms with Crippen molar-refractivity contribution >= 4 is 50.7 Å². The van der Waals surface area contributed by atoms with Gasteiger partial charge in [0.25, 0.3) is 10.0 Å². The van der Waals surface area contributed by atoms with Gasteiger partial charge in [-0.15, -0.1) is 11.8 Å². The van der Waals surface area contributed by atoms with Crippen molar-refractivity contribution in [1.29, 1.82) is 0 Å². The predicted molar refractivity (Wildman–Crippen MR) is 150 cm³/mol. The van der Waals surface area contributed by atoms with Crippen molar-refractivity contribution in [3.8, 4) is 5.75 Å². The van der Waals surface area contributed by atoms with Crippen LogP contribution in [-0.2, 0) is 20.6 Å². The Kier molecular flexibility index (Phi) is 8.76. The van der Waals surface area contributed by atoms with Gasteiger partial charge >= 0.3 is 0 Å². The number of methoxy groups -OCH3 is 1. The second-order valence-corrected chi connectivity index (χ2v) is 11.3. The van der Waals surface area contributed by atoms with Gasteiger partial charge in [0.05, 0.1) is 17.7 Å². The monoisotopic (exact) mass is 552 g/mol. The molecule has 4 aromatic carbocycles. The van der Waals surface area contributed by atoms with Crippen LogP contribution >= 0.6 is 23.4 Å². The maximum atomic E-state index is 13.6. The maximum absolute atomic E-state index is 13.6. The number of sulfonamides is 1. The van der Waals surface area contributed by atoms with Crippen LogP contribution in [0.5, 0.6) is 5.75 Å². The van der Waals surface area contributed by atoms with Crippen LogP contribution in [0.3, 0.4) is 0 Å². The minimum Gasteiger partial charge on any atom is -0.495 e. The van der Waals surface area contributed by atoms with Crippen molar-refractivity contribution in [2.75, 3.05) is 23.3 Å². The van der Waals surface area contributed by atoms with E-state index in [9.17, 15) is 13.2 Å². The number of thioether (sulfide) groups is 1. The Bertz CT molecular complexity index is 1450. The van der Waals surface area contributed by atoms with Crippen molar-refractivity contribution in [2.24, 2.45) is 0 Å². The van der Waals surface area contributed by atoms with Gasteiger partial charge in [0.1, 0.15) is 12.3 Å². The average molecular weight is 553 g/mol. The molecule has 0 fully saturated rings. The maximum Gasteiger partial charge on any atom is 0.264 e. The largest absolute Gasteiger partial charge is 0.495 e. The van der Waals surface area contributed by atoms with Crippen molar-refractivity contribution in [3.05, 3.63) is 114 Å². The molecule has 0 aromatic heterocycles. The first-order valence-electron chi connectivity index (χ1n) is 11.3. The van der Waals surface area contributed by atoms with E-state index in [0.29, 0.717) is 10.7 Å². The van der Waals surface area contributed by atoms with E-state index in [1.807, 2.05) is 30.3 Å². The molecule has 1 N–H and O–H groups in total. The summed E-state index contributed by atoms with van der Waals surface area (Å²) in [7, 11) is -2.67. The van der Waals surface area contributed by atoms with Crippen molar-refractivity contribution in [1.82, 2.24) is 0 Å². The van der Waals surface area contributed by atoms with Crippen LogP contribution in [-0.4, -0.2) is 28.0 Å². The van der Waals surface area contributed by atoms with Gasteiger partial charge in [-0.25, -0.2) is 8.42 Å². The van der Waals surface area contributed by atoms with Gasteiger partial charge < -0.3 is 10.1 Å². The Hall–Kier alpha value is -3.46. The van der Waals surface area contributed by atoms with Crippen LogP contribution in [0.25, 0.3) is 0 Å². The first-order chi connectivity index (χ1) is 17.9. The third kappa shape index (κ3) is 6.85. The normalized spacial score (nSPS) is 11.1. The van der Waals surface area contributed by atoms with Crippen LogP contribution in [0.2, 0.25) is 5.02 Å². The second-order valence-electron chi connectivity index (χ2n) is 7.99.